The number of nitrogens with zero attached hydrogens (tertiary/aromatic N) is 2. The van der Waals surface area contributed by atoms with Gasteiger partial charge in [0.1, 0.15) is 11.8 Å². The van der Waals surface area contributed by atoms with Gasteiger partial charge in [-0.15, -0.1) is 0 Å². The number of para-hydroxylation sites is 2. The number of anilines is 1. The van der Waals surface area contributed by atoms with E-state index >= 15 is 0 Å². The second kappa shape index (κ2) is 13.3. The van der Waals surface area contributed by atoms with Crippen LogP contribution in [0.3, 0.4) is 0 Å². The van der Waals surface area contributed by atoms with E-state index in [1.165, 1.54) is 4.31 Å². The Labute approximate surface area is 215 Å². The first-order valence-electron chi connectivity index (χ1n) is 12.3. The number of carbonyl (C=O) groups excluding carboxylic acids is 2. The van der Waals surface area contributed by atoms with E-state index < -0.39 is 16.1 Å². The number of sulfonamides is 1. The topological polar surface area (TPSA) is 96.0 Å². The molecule has 0 saturated carbocycles. The second-order valence-corrected chi connectivity index (χ2v) is 11.1. The molecule has 0 aromatic heterocycles. The Morgan fingerprint density at radius 1 is 1.03 bits per heavy atom. The number of hydrogen-bond acceptors (Lipinski definition) is 5. The molecule has 9 heteroatoms. The van der Waals surface area contributed by atoms with Crippen LogP contribution >= 0.6 is 0 Å². The van der Waals surface area contributed by atoms with Gasteiger partial charge in [0.15, 0.2) is 0 Å². The van der Waals surface area contributed by atoms with Crippen LogP contribution in [0.4, 0.5) is 5.69 Å². The molecule has 8 nitrogen and oxygen atoms in total. The van der Waals surface area contributed by atoms with Gasteiger partial charge in [-0.1, -0.05) is 42.0 Å². The maximum atomic E-state index is 13.3. The summed E-state index contributed by atoms with van der Waals surface area (Å²) >= 11 is 0. The number of aryl methyl sites for hydroxylation is 1. The van der Waals surface area contributed by atoms with Crippen LogP contribution in [0.15, 0.2) is 48.5 Å². The fourth-order valence-electron chi connectivity index (χ4n) is 3.80. The van der Waals surface area contributed by atoms with E-state index in [0.29, 0.717) is 18.0 Å². The van der Waals surface area contributed by atoms with Gasteiger partial charge in [0, 0.05) is 25.6 Å². The fraction of sp³-hybridized carbons (Fsp3) is 0.481. The minimum atomic E-state index is -3.61. The van der Waals surface area contributed by atoms with Gasteiger partial charge in [0.05, 0.1) is 18.6 Å². The average molecular weight is 518 g/mol. The molecule has 0 fully saturated rings. The van der Waals surface area contributed by atoms with Gasteiger partial charge in [0.2, 0.25) is 21.8 Å². The molecule has 0 aliphatic rings. The Balaban J connectivity index is 2.20. The van der Waals surface area contributed by atoms with Crippen molar-refractivity contribution in [1.82, 2.24) is 10.2 Å². The summed E-state index contributed by atoms with van der Waals surface area (Å²) in [6.07, 6.45) is 1.52. The molecule has 2 aromatic carbocycles. The van der Waals surface area contributed by atoms with Gasteiger partial charge in [-0.25, -0.2) is 8.42 Å². The van der Waals surface area contributed by atoms with E-state index in [1.807, 2.05) is 52.0 Å². The third-order valence-corrected chi connectivity index (χ3v) is 6.84. The Kier molecular flexibility index (Phi) is 10.8. The van der Waals surface area contributed by atoms with Gasteiger partial charge >= 0.3 is 0 Å². The molecular formula is C27H39N3O5S. The zero-order chi connectivity index (χ0) is 26.9. The molecule has 198 valence electrons. The summed E-state index contributed by atoms with van der Waals surface area (Å²) < 4.78 is 32.1. The summed E-state index contributed by atoms with van der Waals surface area (Å²) in [5.74, 6) is 0.0270. The summed E-state index contributed by atoms with van der Waals surface area (Å²) in [5, 5.41) is 2.87. The van der Waals surface area contributed by atoms with Crippen molar-refractivity contribution in [2.75, 3.05) is 23.7 Å². The normalized spacial score (nSPS) is 12.2. The van der Waals surface area contributed by atoms with Crippen molar-refractivity contribution in [2.24, 2.45) is 0 Å². The zero-order valence-electron chi connectivity index (χ0n) is 22.2. The van der Waals surface area contributed by atoms with Crippen molar-refractivity contribution in [3.63, 3.8) is 0 Å². The zero-order valence-corrected chi connectivity index (χ0v) is 23.0. The Morgan fingerprint density at radius 2 is 1.67 bits per heavy atom. The standard InChI is InChI=1S/C27H39N3O5S/c1-7-35-25-12-9-8-11-24(25)30(36(6,33)34)18-10-13-26(31)29(22(5)27(32)28-20(2)3)19-23-16-14-21(4)15-17-23/h8-9,11-12,14-17,20,22H,7,10,13,18-19H2,1-6H3,(H,28,32)/t22-/m1/s1. The fourth-order valence-corrected chi connectivity index (χ4v) is 4.77. The van der Waals surface area contributed by atoms with E-state index in [1.54, 1.807) is 36.1 Å². The van der Waals surface area contributed by atoms with Crippen LogP contribution in [0, 0.1) is 6.92 Å². The van der Waals surface area contributed by atoms with Gasteiger partial charge in [-0.05, 0) is 58.7 Å². The third-order valence-electron chi connectivity index (χ3n) is 5.66. The van der Waals surface area contributed by atoms with E-state index in [4.69, 9.17) is 4.74 Å². The van der Waals surface area contributed by atoms with Crippen LogP contribution in [-0.2, 0) is 26.2 Å². The van der Waals surface area contributed by atoms with Crippen molar-refractivity contribution < 1.29 is 22.7 Å². The predicted molar refractivity (Wildman–Crippen MR) is 144 cm³/mol. The van der Waals surface area contributed by atoms with Crippen LogP contribution in [0.25, 0.3) is 0 Å². The van der Waals surface area contributed by atoms with Crippen molar-refractivity contribution >= 4 is 27.5 Å². The Hall–Kier alpha value is -3.07. The van der Waals surface area contributed by atoms with Crippen LogP contribution in [-0.4, -0.2) is 56.6 Å². The number of amides is 2. The molecule has 2 amide bonds. The predicted octanol–water partition coefficient (Wildman–Crippen LogP) is 3.88. The molecule has 0 aliphatic heterocycles. The third kappa shape index (κ3) is 8.55. The largest absolute Gasteiger partial charge is 0.492 e. The lowest BCUT2D eigenvalue weighted by Gasteiger charge is -2.30. The highest BCUT2D eigenvalue weighted by atomic mass is 32.2. The number of rotatable bonds is 13. The molecule has 1 N–H and O–H groups in total. The van der Waals surface area contributed by atoms with Crippen molar-refractivity contribution in [3.05, 3.63) is 59.7 Å². The minimum Gasteiger partial charge on any atom is -0.492 e. The summed E-state index contributed by atoms with van der Waals surface area (Å²) in [5.41, 5.74) is 2.47. The summed E-state index contributed by atoms with van der Waals surface area (Å²) in [4.78, 5) is 27.6. The minimum absolute atomic E-state index is 0.0509. The van der Waals surface area contributed by atoms with Crippen LogP contribution in [0.1, 0.15) is 51.7 Å². The van der Waals surface area contributed by atoms with E-state index in [0.717, 1.165) is 17.4 Å². The van der Waals surface area contributed by atoms with Gasteiger partial charge < -0.3 is 15.0 Å². The molecule has 2 aromatic rings. The second-order valence-electron chi connectivity index (χ2n) is 9.19. The summed E-state index contributed by atoms with van der Waals surface area (Å²) in [6.45, 7) is 10.1. The quantitative estimate of drug-likeness (QED) is 0.435. The smallest absolute Gasteiger partial charge is 0.242 e. The first kappa shape index (κ1) is 29.2. The number of nitrogens with one attached hydrogen (secondary N) is 1. The molecule has 0 saturated heterocycles. The molecule has 0 radical (unpaired) electrons. The maximum absolute atomic E-state index is 13.3. The molecular weight excluding hydrogens is 478 g/mol. The molecule has 0 aliphatic carbocycles. The van der Waals surface area contributed by atoms with Crippen LogP contribution in [0.5, 0.6) is 5.75 Å². The molecule has 2 rings (SSSR count). The van der Waals surface area contributed by atoms with Crippen LogP contribution < -0.4 is 14.4 Å². The first-order valence-corrected chi connectivity index (χ1v) is 14.1. The summed E-state index contributed by atoms with van der Waals surface area (Å²) in [7, 11) is -3.61. The number of benzene rings is 2. The molecule has 0 bridgehead atoms. The Bertz CT molecular complexity index is 1120. The van der Waals surface area contributed by atoms with Crippen molar-refractivity contribution in [1.29, 1.82) is 0 Å². The molecule has 0 unspecified atom stereocenters. The lowest BCUT2D eigenvalue weighted by Crippen LogP contribution is -2.49. The first-order chi connectivity index (χ1) is 16.9. The molecule has 0 heterocycles. The van der Waals surface area contributed by atoms with Gasteiger partial charge in [-0.2, -0.15) is 0 Å². The highest BCUT2D eigenvalue weighted by Crippen LogP contribution is 2.30. The lowest BCUT2D eigenvalue weighted by atomic mass is 10.1. The number of ether oxygens (including phenoxy) is 1. The maximum Gasteiger partial charge on any atom is 0.242 e. The highest BCUT2D eigenvalue weighted by molar-refractivity contribution is 7.92. The Morgan fingerprint density at radius 3 is 2.25 bits per heavy atom. The van der Waals surface area contributed by atoms with E-state index in [9.17, 15) is 18.0 Å². The van der Waals surface area contributed by atoms with Crippen molar-refractivity contribution in [2.45, 2.75) is 66.1 Å². The molecule has 36 heavy (non-hydrogen) atoms. The molecule has 1 atom stereocenters. The highest BCUT2D eigenvalue weighted by Gasteiger charge is 2.27. The summed E-state index contributed by atoms with van der Waals surface area (Å²) in [6, 6.07) is 14.0. The van der Waals surface area contributed by atoms with Crippen molar-refractivity contribution in [3.8, 4) is 5.75 Å². The number of hydrogen-bond donors (Lipinski definition) is 1. The van der Waals surface area contributed by atoms with E-state index in [-0.39, 0.29) is 43.8 Å². The van der Waals surface area contributed by atoms with Crippen LogP contribution in [0.2, 0.25) is 0 Å². The lowest BCUT2D eigenvalue weighted by molar-refractivity contribution is -0.140. The average Bonchev–Trinajstić information content (AvgIpc) is 2.80. The SMILES string of the molecule is CCOc1ccccc1N(CCCC(=O)N(Cc1ccc(C)cc1)[C@H](C)C(=O)NC(C)C)S(C)(=O)=O. The number of carbonyl (C=O) groups is 2. The molecule has 0 spiro atoms. The van der Waals surface area contributed by atoms with E-state index in [2.05, 4.69) is 5.32 Å². The van der Waals surface area contributed by atoms with Gasteiger partial charge in [-0.3, -0.25) is 13.9 Å². The monoisotopic (exact) mass is 517 g/mol. The van der Waals surface area contributed by atoms with Gasteiger partial charge in [0.25, 0.3) is 0 Å².